The zero-order valence-corrected chi connectivity index (χ0v) is 13.3. The van der Waals surface area contributed by atoms with Crippen molar-refractivity contribution < 1.29 is 14.5 Å². The van der Waals surface area contributed by atoms with Gasteiger partial charge >= 0.3 is 0 Å². The molecule has 0 aliphatic rings. The number of hydrogen-bond donors (Lipinski definition) is 0. The second-order valence-corrected chi connectivity index (χ2v) is 5.38. The summed E-state index contributed by atoms with van der Waals surface area (Å²) in [6, 6.07) is 14.8. The van der Waals surface area contributed by atoms with Gasteiger partial charge in [0.05, 0.1) is 10.8 Å². The molecular formula is C18H18N2O4. The predicted molar refractivity (Wildman–Crippen MR) is 91.3 cm³/mol. The molecule has 0 heterocycles. The van der Waals surface area contributed by atoms with Gasteiger partial charge in [0.15, 0.2) is 18.5 Å². The molecule has 0 spiro atoms. The molecule has 6 nitrogen and oxygen atoms in total. The molecule has 0 aliphatic heterocycles. The molecule has 6 heteroatoms. The first-order valence-electron chi connectivity index (χ1n) is 7.64. The Morgan fingerprint density at radius 2 is 1.71 bits per heavy atom. The van der Waals surface area contributed by atoms with E-state index in [1.807, 2.05) is 13.0 Å². The van der Waals surface area contributed by atoms with E-state index < -0.39 is 10.8 Å². The smallest absolute Gasteiger partial charge is 0.282 e. The quantitative estimate of drug-likeness (QED) is 0.195. The molecule has 24 heavy (non-hydrogen) atoms. The van der Waals surface area contributed by atoms with Crippen molar-refractivity contribution >= 4 is 17.7 Å². The molecule has 2 aromatic carbocycles. The third-order valence-electron chi connectivity index (χ3n) is 3.74. The zero-order chi connectivity index (χ0) is 17.5. The van der Waals surface area contributed by atoms with Crippen LogP contribution in [0.15, 0.2) is 54.6 Å². The predicted octanol–water partition coefficient (Wildman–Crippen LogP) is 3.43. The van der Waals surface area contributed by atoms with Crippen LogP contribution in [-0.4, -0.2) is 28.2 Å². The Morgan fingerprint density at radius 3 is 2.33 bits per heavy atom. The Kier molecular flexibility index (Phi) is 5.78. The van der Waals surface area contributed by atoms with Gasteiger partial charge in [0.1, 0.15) is 5.56 Å². The van der Waals surface area contributed by atoms with Crippen molar-refractivity contribution in [1.29, 1.82) is 0 Å². The topological polar surface area (TPSA) is 86.3 Å². The van der Waals surface area contributed by atoms with Gasteiger partial charge in [0.25, 0.3) is 5.69 Å². The number of benzene rings is 2. The van der Waals surface area contributed by atoms with Crippen LogP contribution in [0.4, 0.5) is 5.69 Å². The first-order valence-corrected chi connectivity index (χ1v) is 7.64. The number of para-hydroxylation sites is 1. The lowest BCUT2D eigenvalue weighted by Gasteiger charge is -2.13. The lowest BCUT2D eigenvalue weighted by atomic mass is 9.95. The maximum absolute atomic E-state index is 12.5. The lowest BCUT2D eigenvalue weighted by Crippen LogP contribution is -2.24. The number of hydrogen-bond acceptors (Lipinski definition) is 4. The van der Waals surface area contributed by atoms with Crippen molar-refractivity contribution in [2.45, 2.75) is 13.3 Å². The normalized spacial score (nSPS) is 12.6. The molecule has 0 saturated heterocycles. The summed E-state index contributed by atoms with van der Waals surface area (Å²) in [6.07, 6.45) is 1.68. The van der Waals surface area contributed by atoms with Gasteiger partial charge in [-0.2, -0.15) is 0 Å². The molecular weight excluding hydrogens is 308 g/mol. The molecule has 0 saturated carbocycles. The Hall–Kier alpha value is -3.02. The average molecular weight is 326 g/mol. The number of carbonyl (C=O) groups is 1. The van der Waals surface area contributed by atoms with Crippen LogP contribution < -0.4 is 0 Å². The molecule has 0 radical (unpaired) electrons. The van der Waals surface area contributed by atoms with E-state index >= 15 is 0 Å². The highest BCUT2D eigenvalue weighted by atomic mass is 16.6. The van der Waals surface area contributed by atoms with Crippen LogP contribution in [0, 0.1) is 21.2 Å². The molecule has 2 aromatic rings. The minimum absolute atomic E-state index is 0.0454. The van der Waals surface area contributed by atoms with Crippen LogP contribution in [0.3, 0.4) is 0 Å². The Labute approximate surface area is 139 Å². The number of hydroxylamine groups is 1. The van der Waals surface area contributed by atoms with E-state index in [2.05, 4.69) is 0 Å². The fourth-order valence-electron chi connectivity index (χ4n) is 2.42. The van der Waals surface area contributed by atoms with Crippen molar-refractivity contribution in [3.63, 3.8) is 0 Å². The van der Waals surface area contributed by atoms with Gasteiger partial charge in [0, 0.05) is 11.6 Å². The summed E-state index contributed by atoms with van der Waals surface area (Å²) in [5, 5.41) is 23.2. The summed E-state index contributed by atoms with van der Waals surface area (Å²) >= 11 is 0. The third-order valence-corrected chi connectivity index (χ3v) is 3.74. The maximum Gasteiger partial charge on any atom is 0.282 e. The van der Waals surface area contributed by atoms with Crippen LogP contribution in [0.2, 0.25) is 0 Å². The number of nitro benzene ring substituents is 1. The van der Waals surface area contributed by atoms with Gasteiger partial charge in [0.2, 0.25) is 0 Å². The van der Waals surface area contributed by atoms with Crippen molar-refractivity contribution in [2.24, 2.45) is 5.92 Å². The fourth-order valence-corrected chi connectivity index (χ4v) is 2.42. The highest BCUT2D eigenvalue weighted by Gasteiger charge is 2.22. The van der Waals surface area contributed by atoms with Gasteiger partial charge < -0.3 is 5.21 Å². The standard InChI is InChI=1S/C18H18N2O4/c1-2-14(18(21)15-8-4-3-5-9-15)12-19(22)13-16-10-6-7-11-17(16)20(23)24/h3-11,13-14H,2,12H2,1H3. The first-order chi connectivity index (χ1) is 11.5. The molecule has 0 fully saturated rings. The monoisotopic (exact) mass is 326 g/mol. The van der Waals surface area contributed by atoms with Gasteiger partial charge in [-0.05, 0) is 12.5 Å². The molecule has 0 amide bonds. The Balaban J connectivity index is 2.19. The van der Waals surface area contributed by atoms with Crippen LogP contribution >= 0.6 is 0 Å². The summed E-state index contributed by atoms with van der Waals surface area (Å²) in [5.74, 6) is -0.571. The van der Waals surface area contributed by atoms with Crippen LogP contribution in [0.25, 0.3) is 0 Å². The first kappa shape index (κ1) is 17.3. The van der Waals surface area contributed by atoms with Crippen molar-refractivity contribution in [3.05, 3.63) is 81.0 Å². The molecule has 0 aromatic heterocycles. The van der Waals surface area contributed by atoms with Gasteiger partial charge in [-0.1, -0.05) is 49.4 Å². The van der Waals surface area contributed by atoms with Crippen LogP contribution in [0.5, 0.6) is 0 Å². The third kappa shape index (κ3) is 4.25. The highest BCUT2D eigenvalue weighted by Crippen LogP contribution is 2.16. The summed E-state index contributed by atoms with van der Waals surface area (Å²) in [7, 11) is 0. The van der Waals surface area contributed by atoms with Crippen LogP contribution in [0.1, 0.15) is 29.3 Å². The molecule has 0 N–H and O–H groups in total. The van der Waals surface area contributed by atoms with E-state index in [1.165, 1.54) is 18.3 Å². The largest absolute Gasteiger partial charge is 0.624 e. The van der Waals surface area contributed by atoms with E-state index in [0.29, 0.717) is 16.7 Å². The minimum atomic E-state index is -0.536. The number of nitro groups is 1. The van der Waals surface area contributed by atoms with E-state index in [-0.39, 0.29) is 23.6 Å². The van der Waals surface area contributed by atoms with Crippen molar-refractivity contribution in [3.8, 4) is 0 Å². The Bertz CT molecular complexity index is 757. The molecule has 0 bridgehead atoms. The summed E-state index contributed by atoms with van der Waals surface area (Å²) in [6.45, 7) is 1.79. The molecule has 1 atom stereocenters. The molecule has 0 aliphatic carbocycles. The zero-order valence-electron chi connectivity index (χ0n) is 13.3. The number of carbonyl (C=O) groups excluding carboxylic acids is 1. The maximum atomic E-state index is 12.5. The number of rotatable bonds is 7. The number of Topliss-reactive ketones (excluding diaryl/α,β-unsaturated/α-hetero) is 1. The SMILES string of the molecule is CCC(C[N+]([O-])=Cc1ccccc1[N+](=O)[O-])C(=O)c1ccccc1. The highest BCUT2D eigenvalue weighted by molar-refractivity contribution is 5.97. The van der Waals surface area contributed by atoms with E-state index in [1.54, 1.807) is 36.4 Å². The molecule has 1 unspecified atom stereocenters. The van der Waals surface area contributed by atoms with E-state index in [0.717, 1.165) is 0 Å². The fraction of sp³-hybridized carbons (Fsp3) is 0.222. The molecule has 2 rings (SSSR count). The summed E-state index contributed by atoms with van der Waals surface area (Å²) in [4.78, 5) is 22.9. The number of nitrogens with zero attached hydrogens (tertiary/aromatic N) is 2. The van der Waals surface area contributed by atoms with Crippen molar-refractivity contribution in [1.82, 2.24) is 0 Å². The number of ketones is 1. The van der Waals surface area contributed by atoms with Crippen LogP contribution in [-0.2, 0) is 0 Å². The van der Waals surface area contributed by atoms with Gasteiger partial charge in [-0.25, -0.2) is 4.74 Å². The second kappa shape index (κ2) is 8.01. The summed E-state index contributed by atoms with van der Waals surface area (Å²) in [5.41, 5.74) is 0.642. The van der Waals surface area contributed by atoms with E-state index in [4.69, 9.17) is 0 Å². The van der Waals surface area contributed by atoms with Crippen molar-refractivity contribution in [2.75, 3.05) is 6.54 Å². The molecule has 124 valence electrons. The summed E-state index contributed by atoms with van der Waals surface area (Å²) < 4.78 is 0.595. The van der Waals surface area contributed by atoms with E-state index in [9.17, 15) is 20.1 Å². The van der Waals surface area contributed by atoms with Gasteiger partial charge in [-0.15, -0.1) is 0 Å². The minimum Gasteiger partial charge on any atom is -0.624 e. The second-order valence-electron chi connectivity index (χ2n) is 5.38. The lowest BCUT2D eigenvalue weighted by molar-refractivity contribution is -0.458. The Morgan fingerprint density at radius 1 is 1.08 bits per heavy atom. The average Bonchev–Trinajstić information content (AvgIpc) is 2.60. The van der Waals surface area contributed by atoms with Gasteiger partial charge in [-0.3, -0.25) is 14.9 Å².